The summed E-state index contributed by atoms with van der Waals surface area (Å²) in [5.41, 5.74) is 2.34. The normalized spacial score (nSPS) is 11.5. The van der Waals surface area contributed by atoms with Crippen molar-refractivity contribution in [1.82, 2.24) is 25.0 Å². The van der Waals surface area contributed by atoms with E-state index in [1.165, 1.54) is 10.9 Å². The zero-order chi connectivity index (χ0) is 23.3. The minimum absolute atomic E-state index is 0.259. The van der Waals surface area contributed by atoms with Crippen molar-refractivity contribution in [3.05, 3.63) is 59.5 Å². The second-order valence-electron chi connectivity index (χ2n) is 6.81. The van der Waals surface area contributed by atoms with Gasteiger partial charge in [0.25, 0.3) is 5.91 Å². The number of carbonyl (C=O) groups excluding carboxylic acids is 2. The first-order valence-electron chi connectivity index (χ1n) is 9.73. The highest BCUT2D eigenvalue weighted by molar-refractivity contribution is 6.30. The summed E-state index contributed by atoms with van der Waals surface area (Å²) < 4.78 is 6.80. The van der Waals surface area contributed by atoms with Gasteiger partial charge in [0.15, 0.2) is 11.5 Å². The number of carbonyl (C=O) groups is 2. The molecule has 0 saturated heterocycles. The molecule has 3 heterocycles. The van der Waals surface area contributed by atoms with E-state index in [2.05, 4.69) is 37.5 Å². The standard InChI is InChI=1S/C21H22ClN7O3/c1-5-12(2)20(30)25-14-8-9-16(24-11-14)17-19(29(4)28-27-17)26-21(31)32-13(3)15-7-6-10-23-18(15)22/h6-11,13H,2,5H2,1,3-4H3,(H,25,30)(H,26,31)/t13-/m1/s1. The van der Waals surface area contributed by atoms with Gasteiger partial charge in [-0.15, -0.1) is 5.10 Å². The summed E-state index contributed by atoms with van der Waals surface area (Å²) in [7, 11) is 1.62. The second kappa shape index (κ2) is 10.0. The maximum Gasteiger partial charge on any atom is 0.413 e. The molecule has 0 aliphatic carbocycles. The molecule has 2 amide bonds. The SMILES string of the molecule is C=C(CC)C(=O)Nc1ccc(-c2nnn(C)c2NC(=O)O[C@H](C)c2cccnc2Cl)nc1. The highest BCUT2D eigenvalue weighted by Gasteiger charge is 2.20. The van der Waals surface area contributed by atoms with E-state index in [1.807, 2.05) is 6.92 Å². The molecular formula is C21H22ClN7O3. The number of nitrogens with zero attached hydrogens (tertiary/aromatic N) is 5. The number of anilines is 2. The Morgan fingerprint density at radius 1 is 1.25 bits per heavy atom. The summed E-state index contributed by atoms with van der Waals surface area (Å²) >= 11 is 6.06. The van der Waals surface area contributed by atoms with Crippen LogP contribution in [0.1, 0.15) is 31.9 Å². The average Bonchev–Trinajstić information content (AvgIpc) is 3.13. The van der Waals surface area contributed by atoms with E-state index < -0.39 is 12.2 Å². The third kappa shape index (κ3) is 5.27. The number of pyridine rings is 2. The quantitative estimate of drug-likeness (QED) is 0.405. The van der Waals surface area contributed by atoms with Crippen LogP contribution in [0.5, 0.6) is 0 Å². The van der Waals surface area contributed by atoms with Crippen molar-refractivity contribution < 1.29 is 14.3 Å². The van der Waals surface area contributed by atoms with Crippen LogP contribution in [-0.4, -0.2) is 37.0 Å². The second-order valence-corrected chi connectivity index (χ2v) is 7.17. The molecule has 0 saturated carbocycles. The van der Waals surface area contributed by atoms with Gasteiger partial charge in [0.2, 0.25) is 0 Å². The van der Waals surface area contributed by atoms with Gasteiger partial charge in [-0.2, -0.15) is 0 Å². The lowest BCUT2D eigenvalue weighted by molar-refractivity contribution is -0.112. The van der Waals surface area contributed by atoms with Crippen molar-refractivity contribution >= 4 is 35.1 Å². The molecule has 0 spiro atoms. The third-order valence-corrected chi connectivity index (χ3v) is 4.88. The fourth-order valence-electron chi connectivity index (χ4n) is 2.71. The lowest BCUT2D eigenvalue weighted by atomic mass is 10.2. The largest absolute Gasteiger partial charge is 0.441 e. The number of rotatable bonds is 7. The van der Waals surface area contributed by atoms with Crippen molar-refractivity contribution in [2.24, 2.45) is 7.05 Å². The molecule has 0 radical (unpaired) electrons. The number of hydrogen-bond donors (Lipinski definition) is 2. The van der Waals surface area contributed by atoms with Crippen LogP contribution in [0.25, 0.3) is 11.4 Å². The van der Waals surface area contributed by atoms with E-state index in [0.717, 1.165) is 0 Å². The van der Waals surface area contributed by atoms with Crippen molar-refractivity contribution in [3.63, 3.8) is 0 Å². The van der Waals surface area contributed by atoms with Crippen LogP contribution in [0.4, 0.5) is 16.3 Å². The lowest BCUT2D eigenvalue weighted by Gasteiger charge is -2.15. The Balaban J connectivity index is 1.72. The molecule has 166 valence electrons. The Morgan fingerprint density at radius 3 is 2.69 bits per heavy atom. The zero-order valence-corrected chi connectivity index (χ0v) is 18.6. The highest BCUT2D eigenvalue weighted by atomic mass is 35.5. The van der Waals surface area contributed by atoms with E-state index in [9.17, 15) is 9.59 Å². The van der Waals surface area contributed by atoms with Crippen molar-refractivity contribution in [3.8, 4) is 11.4 Å². The molecule has 0 aliphatic heterocycles. The first-order chi connectivity index (χ1) is 15.3. The molecule has 32 heavy (non-hydrogen) atoms. The first-order valence-corrected chi connectivity index (χ1v) is 10.1. The summed E-state index contributed by atoms with van der Waals surface area (Å²) in [4.78, 5) is 32.7. The Morgan fingerprint density at radius 2 is 2.03 bits per heavy atom. The van der Waals surface area contributed by atoms with E-state index >= 15 is 0 Å². The van der Waals surface area contributed by atoms with Gasteiger partial charge in [-0.25, -0.2) is 14.5 Å². The van der Waals surface area contributed by atoms with Crippen molar-refractivity contribution in [1.29, 1.82) is 0 Å². The van der Waals surface area contributed by atoms with E-state index in [4.69, 9.17) is 16.3 Å². The molecule has 0 bridgehead atoms. The fourth-order valence-corrected chi connectivity index (χ4v) is 2.98. The van der Waals surface area contributed by atoms with Gasteiger partial charge in [0.1, 0.15) is 11.3 Å². The maximum atomic E-state index is 12.5. The van der Waals surface area contributed by atoms with Gasteiger partial charge in [-0.3, -0.25) is 15.1 Å². The number of aromatic nitrogens is 5. The van der Waals surface area contributed by atoms with Gasteiger partial charge in [-0.05, 0) is 31.5 Å². The molecule has 10 nitrogen and oxygen atoms in total. The Bertz CT molecular complexity index is 1140. The molecule has 0 unspecified atom stereocenters. The fraction of sp³-hybridized carbons (Fsp3) is 0.238. The summed E-state index contributed by atoms with van der Waals surface area (Å²) in [6.07, 6.45) is 2.24. The Hall–Kier alpha value is -3.79. The predicted octanol–water partition coefficient (Wildman–Crippen LogP) is 4.14. The summed E-state index contributed by atoms with van der Waals surface area (Å²) in [5.74, 6) is 0.0256. The smallest absolute Gasteiger partial charge is 0.413 e. The van der Waals surface area contributed by atoms with Gasteiger partial charge in [0, 0.05) is 24.4 Å². The van der Waals surface area contributed by atoms with Gasteiger partial charge in [0.05, 0.1) is 17.6 Å². The van der Waals surface area contributed by atoms with Crippen molar-refractivity contribution in [2.75, 3.05) is 10.6 Å². The number of halogens is 1. The molecule has 0 aliphatic rings. The first kappa shape index (κ1) is 22.9. The predicted molar refractivity (Wildman–Crippen MR) is 120 cm³/mol. The van der Waals surface area contributed by atoms with Gasteiger partial charge < -0.3 is 10.1 Å². The van der Waals surface area contributed by atoms with Crippen LogP contribution >= 0.6 is 11.6 Å². The molecular weight excluding hydrogens is 434 g/mol. The number of amides is 2. The lowest BCUT2D eigenvalue weighted by Crippen LogP contribution is -2.18. The molecule has 3 aromatic heterocycles. The van der Waals surface area contributed by atoms with E-state index in [1.54, 1.807) is 44.4 Å². The molecule has 1 atom stereocenters. The number of ether oxygens (including phenoxy) is 1. The molecule has 3 aromatic rings. The third-order valence-electron chi connectivity index (χ3n) is 4.57. The maximum absolute atomic E-state index is 12.5. The summed E-state index contributed by atoms with van der Waals surface area (Å²) in [6.45, 7) is 7.24. The van der Waals surface area contributed by atoms with Crippen LogP contribution < -0.4 is 10.6 Å². The Kier molecular flexibility index (Phi) is 7.16. The van der Waals surface area contributed by atoms with Gasteiger partial charge >= 0.3 is 6.09 Å². The molecule has 0 fully saturated rings. The minimum atomic E-state index is -0.717. The van der Waals surface area contributed by atoms with Crippen LogP contribution in [-0.2, 0) is 16.6 Å². The van der Waals surface area contributed by atoms with Crippen LogP contribution in [0.3, 0.4) is 0 Å². The molecule has 0 aromatic carbocycles. The number of nitrogens with one attached hydrogen (secondary N) is 2. The average molecular weight is 456 g/mol. The number of hydrogen-bond acceptors (Lipinski definition) is 7. The van der Waals surface area contributed by atoms with Crippen molar-refractivity contribution in [2.45, 2.75) is 26.4 Å². The molecule has 11 heteroatoms. The zero-order valence-electron chi connectivity index (χ0n) is 17.8. The number of aryl methyl sites for hydroxylation is 1. The van der Waals surface area contributed by atoms with E-state index in [-0.39, 0.29) is 11.1 Å². The van der Waals surface area contributed by atoms with Crippen LogP contribution in [0.15, 0.2) is 48.8 Å². The summed E-state index contributed by atoms with van der Waals surface area (Å²) in [5, 5.41) is 13.6. The molecule has 2 N–H and O–H groups in total. The minimum Gasteiger partial charge on any atom is -0.441 e. The summed E-state index contributed by atoms with van der Waals surface area (Å²) in [6, 6.07) is 6.76. The van der Waals surface area contributed by atoms with Gasteiger partial charge in [-0.1, -0.05) is 36.4 Å². The highest BCUT2D eigenvalue weighted by Crippen LogP contribution is 2.26. The van der Waals surface area contributed by atoms with Crippen LogP contribution in [0.2, 0.25) is 5.15 Å². The van der Waals surface area contributed by atoms with E-state index in [0.29, 0.717) is 40.5 Å². The molecule has 3 rings (SSSR count). The monoisotopic (exact) mass is 455 g/mol. The Labute approximate surface area is 189 Å². The topological polar surface area (TPSA) is 124 Å². The van der Waals surface area contributed by atoms with Crippen LogP contribution in [0, 0.1) is 0 Å².